The lowest BCUT2D eigenvalue weighted by Crippen LogP contribution is -2.31. The first kappa shape index (κ1) is 13.7. The fraction of sp³-hybridized carbons (Fsp3) is 0.400. The molecule has 7 heteroatoms. The van der Waals surface area contributed by atoms with E-state index in [1.165, 1.54) is 17.2 Å². The molecule has 17 heavy (non-hydrogen) atoms. The quantitative estimate of drug-likeness (QED) is 0.741. The lowest BCUT2D eigenvalue weighted by atomic mass is 10.3. The first-order valence-electron chi connectivity index (χ1n) is 4.94. The number of thiocarbonyl (C=S) groups is 1. The summed E-state index contributed by atoms with van der Waals surface area (Å²) >= 11 is 4.76. The van der Waals surface area contributed by atoms with Crippen LogP contribution in [-0.2, 0) is 0 Å². The molecule has 0 aliphatic rings. The van der Waals surface area contributed by atoms with Crippen LogP contribution in [0.15, 0.2) is 18.3 Å². The fourth-order valence-corrected chi connectivity index (χ4v) is 1.48. The van der Waals surface area contributed by atoms with Crippen LogP contribution in [0.1, 0.15) is 5.69 Å². The molecule has 0 aliphatic carbocycles. The van der Waals surface area contributed by atoms with Gasteiger partial charge in [-0.05, 0) is 12.1 Å². The molecule has 0 aliphatic heterocycles. The molecule has 1 aromatic heterocycles. The van der Waals surface area contributed by atoms with Crippen LogP contribution < -0.4 is 10.6 Å². The summed E-state index contributed by atoms with van der Waals surface area (Å²) in [4.78, 5) is 5.38. The second-order valence-corrected chi connectivity index (χ2v) is 3.76. The maximum absolute atomic E-state index is 12.4. The Bertz CT molecular complexity index is 390. The van der Waals surface area contributed by atoms with Crippen LogP contribution in [0.4, 0.5) is 14.5 Å². The standard InChI is InChI=1S/C10H13F2N3OS/c11-9(12)6-15(3-4-16)7-1-2-14-8(5-7)10(13)17/h1-2,5,9,16H,3-4,6H2,(H2,13,17). The molecule has 4 nitrogen and oxygen atoms in total. The first-order chi connectivity index (χ1) is 8.04. The van der Waals surface area contributed by atoms with Gasteiger partial charge in [0.15, 0.2) is 0 Å². The number of aliphatic hydroxyl groups is 1. The predicted molar refractivity (Wildman–Crippen MR) is 65.4 cm³/mol. The third-order valence-corrected chi connectivity index (χ3v) is 2.30. The van der Waals surface area contributed by atoms with E-state index in [0.717, 1.165) is 0 Å². The molecule has 1 heterocycles. The van der Waals surface area contributed by atoms with E-state index in [0.29, 0.717) is 11.4 Å². The number of nitrogens with two attached hydrogens (primary N) is 1. The van der Waals surface area contributed by atoms with Crippen LogP contribution in [0.3, 0.4) is 0 Å². The Morgan fingerprint density at radius 2 is 2.29 bits per heavy atom. The van der Waals surface area contributed by atoms with Crippen molar-refractivity contribution in [3.8, 4) is 0 Å². The molecule has 1 aromatic rings. The summed E-state index contributed by atoms with van der Waals surface area (Å²) in [5, 5.41) is 8.84. The molecule has 0 saturated carbocycles. The topological polar surface area (TPSA) is 62.4 Å². The molecule has 0 radical (unpaired) electrons. The van der Waals surface area contributed by atoms with Crippen LogP contribution in [-0.4, -0.2) is 41.2 Å². The Balaban J connectivity index is 2.92. The molecule has 0 saturated heterocycles. The van der Waals surface area contributed by atoms with Gasteiger partial charge in [-0.2, -0.15) is 0 Å². The third kappa shape index (κ3) is 4.20. The van der Waals surface area contributed by atoms with Gasteiger partial charge in [-0.3, -0.25) is 4.98 Å². The van der Waals surface area contributed by atoms with Crippen LogP contribution in [0.2, 0.25) is 0 Å². The highest BCUT2D eigenvalue weighted by atomic mass is 32.1. The number of rotatable bonds is 6. The molecule has 3 N–H and O–H groups in total. The average molecular weight is 261 g/mol. The van der Waals surface area contributed by atoms with Gasteiger partial charge in [0.25, 0.3) is 6.43 Å². The molecule has 0 spiro atoms. The first-order valence-corrected chi connectivity index (χ1v) is 5.35. The van der Waals surface area contributed by atoms with Crippen molar-refractivity contribution in [1.82, 2.24) is 4.98 Å². The van der Waals surface area contributed by atoms with Gasteiger partial charge in [0.05, 0.1) is 18.8 Å². The van der Waals surface area contributed by atoms with Crippen molar-refractivity contribution in [1.29, 1.82) is 0 Å². The van der Waals surface area contributed by atoms with Crippen LogP contribution in [0.5, 0.6) is 0 Å². The van der Waals surface area contributed by atoms with Crippen LogP contribution in [0.25, 0.3) is 0 Å². The maximum atomic E-state index is 12.4. The van der Waals surface area contributed by atoms with Gasteiger partial charge in [0, 0.05) is 18.4 Å². The summed E-state index contributed by atoms with van der Waals surface area (Å²) in [7, 11) is 0. The maximum Gasteiger partial charge on any atom is 0.255 e. The zero-order valence-electron chi connectivity index (χ0n) is 9.01. The number of hydrogen-bond acceptors (Lipinski definition) is 4. The van der Waals surface area contributed by atoms with Crippen molar-refractivity contribution in [2.45, 2.75) is 6.43 Å². The van der Waals surface area contributed by atoms with Gasteiger partial charge in [0.1, 0.15) is 4.99 Å². The number of alkyl halides is 2. The minimum absolute atomic E-state index is 0.104. The monoisotopic (exact) mass is 261 g/mol. The van der Waals surface area contributed by atoms with Gasteiger partial charge >= 0.3 is 0 Å². The molecular formula is C10H13F2N3OS. The van der Waals surface area contributed by atoms with Gasteiger partial charge in [-0.1, -0.05) is 12.2 Å². The normalized spacial score (nSPS) is 10.6. The Kier molecular flexibility index (Phi) is 5.17. The summed E-state index contributed by atoms with van der Waals surface area (Å²) in [6.45, 7) is -0.552. The molecule has 0 atom stereocenters. The summed E-state index contributed by atoms with van der Waals surface area (Å²) in [6.07, 6.45) is -1.04. The predicted octanol–water partition coefficient (Wildman–Crippen LogP) is 0.780. The summed E-state index contributed by atoms with van der Waals surface area (Å²) in [6, 6.07) is 3.10. The van der Waals surface area contributed by atoms with E-state index < -0.39 is 13.0 Å². The van der Waals surface area contributed by atoms with Crippen molar-refractivity contribution >= 4 is 22.9 Å². The van der Waals surface area contributed by atoms with Crippen LogP contribution in [0, 0.1) is 0 Å². The smallest absolute Gasteiger partial charge is 0.255 e. The molecule has 0 aromatic carbocycles. The molecule has 94 valence electrons. The number of halogens is 2. The molecule has 0 bridgehead atoms. The zero-order valence-corrected chi connectivity index (χ0v) is 9.83. The Hall–Kier alpha value is -1.34. The van der Waals surface area contributed by atoms with E-state index in [-0.39, 0.29) is 18.1 Å². The molecule has 0 fully saturated rings. The van der Waals surface area contributed by atoms with Gasteiger partial charge < -0.3 is 15.7 Å². The highest BCUT2D eigenvalue weighted by Crippen LogP contribution is 2.15. The van der Waals surface area contributed by atoms with Crippen molar-refractivity contribution < 1.29 is 13.9 Å². The number of nitrogens with zero attached hydrogens (tertiary/aromatic N) is 2. The van der Waals surface area contributed by atoms with E-state index in [1.807, 2.05) is 0 Å². The van der Waals surface area contributed by atoms with E-state index >= 15 is 0 Å². The summed E-state index contributed by atoms with van der Waals surface area (Å²) in [5.74, 6) is 0. The Labute approximate surface area is 103 Å². The van der Waals surface area contributed by atoms with Gasteiger partial charge in [-0.25, -0.2) is 8.78 Å². The van der Waals surface area contributed by atoms with Crippen molar-refractivity contribution in [2.75, 3.05) is 24.6 Å². The van der Waals surface area contributed by atoms with Crippen molar-refractivity contribution in [2.24, 2.45) is 5.73 Å². The van der Waals surface area contributed by atoms with Gasteiger partial charge in [-0.15, -0.1) is 0 Å². The largest absolute Gasteiger partial charge is 0.395 e. The Morgan fingerprint density at radius 1 is 1.59 bits per heavy atom. The molecule has 0 amide bonds. The molecule has 1 rings (SSSR count). The summed E-state index contributed by atoms with van der Waals surface area (Å²) < 4.78 is 24.7. The molecular weight excluding hydrogens is 248 g/mol. The highest BCUT2D eigenvalue weighted by molar-refractivity contribution is 7.80. The zero-order chi connectivity index (χ0) is 12.8. The Morgan fingerprint density at radius 3 is 2.82 bits per heavy atom. The second-order valence-electron chi connectivity index (χ2n) is 3.32. The van der Waals surface area contributed by atoms with Crippen molar-refractivity contribution in [3.05, 3.63) is 24.0 Å². The SMILES string of the molecule is NC(=S)c1cc(N(CCO)CC(F)F)ccn1. The van der Waals surface area contributed by atoms with Crippen molar-refractivity contribution in [3.63, 3.8) is 0 Å². The minimum Gasteiger partial charge on any atom is -0.395 e. The van der Waals surface area contributed by atoms with E-state index in [4.69, 9.17) is 23.1 Å². The number of aliphatic hydroxyl groups excluding tert-OH is 1. The lowest BCUT2D eigenvalue weighted by Gasteiger charge is -2.23. The van der Waals surface area contributed by atoms with Gasteiger partial charge in [0.2, 0.25) is 0 Å². The number of anilines is 1. The molecule has 0 unspecified atom stereocenters. The average Bonchev–Trinajstić information content (AvgIpc) is 2.28. The highest BCUT2D eigenvalue weighted by Gasteiger charge is 2.13. The number of pyridine rings is 1. The van der Waals surface area contributed by atoms with E-state index in [2.05, 4.69) is 4.98 Å². The third-order valence-electron chi connectivity index (χ3n) is 2.09. The number of hydrogen-bond donors (Lipinski definition) is 2. The fourth-order valence-electron chi connectivity index (χ4n) is 1.36. The minimum atomic E-state index is -2.48. The van der Waals surface area contributed by atoms with Crippen LogP contribution >= 0.6 is 12.2 Å². The summed E-state index contributed by atoms with van der Waals surface area (Å²) in [5.41, 5.74) is 6.29. The number of aromatic nitrogens is 1. The lowest BCUT2D eigenvalue weighted by molar-refractivity contribution is 0.153. The van der Waals surface area contributed by atoms with E-state index in [1.54, 1.807) is 6.07 Å². The second kappa shape index (κ2) is 6.41. The van der Waals surface area contributed by atoms with E-state index in [9.17, 15) is 8.78 Å².